The van der Waals surface area contributed by atoms with Gasteiger partial charge in [-0.25, -0.2) is 0 Å². The first-order valence-corrected chi connectivity index (χ1v) is 10.3. The van der Waals surface area contributed by atoms with Gasteiger partial charge in [0.1, 0.15) is 0 Å². The zero-order valence-corrected chi connectivity index (χ0v) is 16.9. The minimum atomic E-state index is -0.344. The molecular weight excluding hydrogens is 380 g/mol. The zero-order valence-electron chi connectivity index (χ0n) is 15.3. The number of hydrogen-bond donors (Lipinski definition) is 1. The van der Waals surface area contributed by atoms with Gasteiger partial charge in [0.25, 0.3) is 0 Å². The lowest BCUT2D eigenvalue weighted by Gasteiger charge is -2.12. The summed E-state index contributed by atoms with van der Waals surface area (Å²) in [6.45, 7) is 6.11. The Kier molecular flexibility index (Phi) is 6.08. The van der Waals surface area contributed by atoms with Crippen LogP contribution in [0, 0.1) is 0 Å². The third-order valence-corrected chi connectivity index (χ3v) is 5.93. The number of benzene rings is 1. The van der Waals surface area contributed by atoms with E-state index in [9.17, 15) is 9.59 Å². The number of anilines is 1. The quantitative estimate of drug-likeness (QED) is 0.471. The number of nitrogens with zero attached hydrogens (tertiary/aromatic N) is 3. The molecule has 1 aromatic carbocycles. The second kappa shape index (κ2) is 8.49. The standard InChI is InChI=1S/C19H20N4O2S2/c1-4-23-17(16-6-5-11-26-16)21-22-19(23)27-13(3)18(25)20-15-9-7-14(8-10-15)12(2)24/h5-11,13H,4H2,1-3H3,(H,20,25)/t13-/m0/s1. The number of thioether (sulfide) groups is 1. The minimum absolute atomic E-state index is 0.00255. The number of aromatic nitrogens is 3. The molecule has 8 heteroatoms. The Morgan fingerprint density at radius 1 is 1.22 bits per heavy atom. The van der Waals surface area contributed by atoms with Gasteiger partial charge in [-0.15, -0.1) is 21.5 Å². The largest absolute Gasteiger partial charge is 0.325 e. The van der Waals surface area contributed by atoms with Crippen LogP contribution in [0.3, 0.4) is 0 Å². The van der Waals surface area contributed by atoms with E-state index >= 15 is 0 Å². The summed E-state index contributed by atoms with van der Waals surface area (Å²) in [5.41, 5.74) is 1.28. The highest BCUT2D eigenvalue weighted by atomic mass is 32.2. The fraction of sp³-hybridized carbons (Fsp3) is 0.263. The molecule has 1 amide bonds. The number of amides is 1. The van der Waals surface area contributed by atoms with Gasteiger partial charge < -0.3 is 9.88 Å². The lowest BCUT2D eigenvalue weighted by Crippen LogP contribution is -2.23. The highest BCUT2D eigenvalue weighted by Crippen LogP contribution is 2.29. The molecule has 0 saturated carbocycles. The van der Waals surface area contributed by atoms with Crippen LogP contribution in [0.4, 0.5) is 5.69 Å². The normalized spacial score (nSPS) is 12.0. The maximum atomic E-state index is 12.5. The van der Waals surface area contributed by atoms with E-state index in [0.717, 1.165) is 22.4 Å². The van der Waals surface area contributed by atoms with Crippen LogP contribution >= 0.6 is 23.1 Å². The number of Topliss-reactive ketones (excluding diaryl/α,β-unsaturated/α-hetero) is 1. The van der Waals surface area contributed by atoms with E-state index in [1.54, 1.807) is 35.6 Å². The van der Waals surface area contributed by atoms with Crippen LogP contribution in [0.5, 0.6) is 0 Å². The smallest absolute Gasteiger partial charge is 0.237 e. The van der Waals surface area contributed by atoms with Crippen molar-refractivity contribution in [2.45, 2.75) is 37.7 Å². The SMILES string of the molecule is CCn1c(S[C@@H](C)C(=O)Nc2ccc(C(C)=O)cc2)nnc1-c1cccs1. The van der Waals surface area contributed by atoms with Gasteiger partial charge >= 0.3 is 0 Å². The van der Waals surface area contributed by atoms with E-state index < -0.39 is 0 Å². The summed E-state index contributed by atoms with van der Waals surface area (Å²) in [7, 11) is 0. The Morgan fingerprint density at radius 2 is 1.96 bits per heavy atom. The van der Waals surface area contributed by atoms with E-state index in [4.69, 9.17) is 0 Å². The zero-order chi connectivity index (χ0) is 19.4. The van der Waals surface area contributed by atoms with Gasteiger partial charge in [-0.05, 0) is 56.5 Å². The molecule has 0 spiro atoms. The molecule has 0 fully saturated rings. The average molecular weight is 401 g/mol. The van der Waals surface area contributed by atoms with Crippen LogP contribution in [0.25, 0.3) is 10.7 Å². The fourth-order valence-corrected chi connectivity index (χ4v) is 4.12. The van der Waals surface area contributed by atoms with Gasteiger partial charge in [-0.3, -0.25) is 9.59 Å². The second-order valence-electron chi connectivity index (χ2n) is 5.91. The number of rotatable bonds is 7. The summed E-state index contributed by atoms with van der Waals surface area (Å²) in [5.74, 6) is 0.693. The van der Waals surface area contributed by atoms with Gasteiger partial charge in [-0.1, -0.05) is 17.8 Å². The van der Waals surface area contributed by atoms with E-state index in [1.807, 2.05) is 35.9 Å². The van der Waals surface area contributed by atoms with Crippen LogP contribution in [0.1, 0.15) is 31.1 Å². The monoisotopic (exact) mass is 400 g/mol. The van der Waals surface area contributed by atoms with Crippen LogP contribution in [-0.2, 0) is 11.3 Å². The van der Waals surface area contributed by atoms with E-state index in [2.05, 4.69) is 15.5 Å². The van der Waals surface area contributed by atoms with Gasteiger partial charge in [0.2, 0.25) is 5.91 Å². The number of hydrogen-bond acceptors (Lipinski definition) is 6. The lowest BCUT2D eigenvalue weighted by molar-refractivity contribution is -0.115. The average Bonchev–Trinajstić information content (AvgIpc) is 3.31. The fourth-order valence-electron chi connectivity index (χ4n) is 2.49. The third-order valence-electron chi connectivity index (χ3n) is 3.99. The maximum Gasteiger partial charge on any atom is 0.237 e. The van der Waals surface area contributed by atoms with Crippen molar-refractivity contribution < 1.29 is 9.59 Å². The summed E-state index contributed by atoms with van der Waals surface area (Å²) in [4.78, 5) is 24.9. The van der Waals surface area contributed by atoms with Crippen molar-refractivity contribution in [2.24, 2.45) is 0 Å². The Morgan fingerprint density at radius 3 is 2.56 bits per heavy atom. The Labute approximate surface area is 166 Å². The molecule has 0 saturated heterocycles. The number of ketones is 1. The molecule has 0 aliphatic rings. The predicted molar refractivity (Wildman–Crippen MR) is 109 cm³/mol. The Bertz CT molecular complexity index is 933. The first-order chi connectivity index (χ1) is 13.0. The summed E-state index contributed by atoms with van der Waals surface area (Å²) in [6.07, 6.45) is 0. The first-order valence-electron chi connectivity index (χ1n) is 8.55. The topological polar surface area (TPSA) is 76.9 Å². The van der Waals surface area contributed by atoms with Gasteiger partial charge in [-0.2, -0.15) is 0 Å². The van der Waals surface area contributed by atoms with Crippen molar-refractivity contribution in [2.75, 3.05) is 5.32 Å². The second-order valence-corrected chi connectivity index (χ2v) is 8.17. The van der Waals surface area contributed by atoms with Crippen molar-refractivity contribution in [1.82, 2.24) is 14.8 Å². The summed E-state index contributed by atoms with van der Waals surface area (Å²) < 4.78 is 2.02. The number of thiophene rings is 1. The van der Waals surface area contributed by atoms with E-state index in [-0.39, 0.29) is 16.9 Å². The van der Waals surface area contributed by atoms with Gasteiger partial charge in [0.05, 0.1) is 10.1 Å². The maximum absolute atomic E-state index is 12.5. The number of carbonyl (C=O) groups is 2. The first kappa shape index (κ1) is 19.3. The molecule has 2 heterocycles. The number of nitrogens with one attached hydrogen (secondary N) is 1. The van der Waals surface area contributed by atoms with Gasteiger partial charge in [0.15, 0.2) is 16.8 Å². The van der Waals surface area contributed by atoms with Crippen molar-refractivity contribution in [3.8, 4) is 10.7 Å². The molecule has 0 radical (unpaired) electrons. The molecule has 0 aliphatic heterocycles. The van der Waals surface area contributed by atoms with E-state index in [0.29, 0.717) is 11.3 Å². The molecule has 1 N–H and O–H groups in total. The molecular formula is C19H20N4O2S2. The molecule has 1 atom stereocenters. The molecule has 3 aromatic rings. The van der Waals surface area contributed by atoms with Crippen molar-refractivity contribution in [1.29, 1.82) is 0 Å². The molecule has 2 aromatic heterocycles. The third kappa shape index (κ3) is 4.45. The summed E-state index contributed by atoms with van der Waals surface area (Å²) in [6, 6.07) is 10.9. The van der Waals surface area contributed by atoms with Crippen LogP contribution in [0.15, 0.2) is 46.9 Å². The molecule has 6 nitrogen and oxygen atoms in total. The van der Waals surface area contributed by atoms with Crippen LogP contribution in [-0.4, -0.2) is 31.7 Å². The van der Waals surface area contributed by atoms with Crippen LogP contribution in [0.2, 0.25) is 0 Å². The molecule has 0 bridgehead atoms. The van der Waals surface area contributed by atoms with Gasteiger partial charge in [0, 0.05) is 17.8 Å². The molecule has 3 rings (SSSR count). The predicted octanol–water partition coefficient (Wildman–Crippen LogP) is 4.35. The molecule has 0 unspecified atom stereocenters. The minimum Gasteiger partial charge on any atom is -0.325 e. The summed E-state index contributed by atoms with van der Waals surface area (Å²) in [5, 5.41) is 13.8. The molecule has 140 valence electrons. The van der Waals surface area contributed by atoms with E-state index in [1.165, 1.54) is 18.7 Å². The molecule has 27 heavy (non-hydrogen) atoms. The Hall–Kier alpha value is -2.45. The lowest BCUT2D eigenvalue weighted by atomic mass is 10.1. The summed E-state index contributed by atoms with van der Waals surface area (Å²) >= 11 is 2.99. The number of carbonyl (C=O) groups excluding carboxylic acids is 2. The highest BCUT2D eigenvalue weighted by Gasteiger charge is 2.20. The highest BCUT2D eigenvalue weighted by molar-refractivity contribution is 8.00. The van der Waals surface area contributed by atoms with Crippen molar-refractivity contribution in [3.63, 3.8) is 0 Å². The van der Waals surface area contributed by atoms with Crippen molar-refractivity contribution >= 4 is 40.5 Å². The Balaban J connectivity index is 1.68. The van der Waals surface area contributed by atoms with Crippen LogP contribution < -0.4 is 5.32 Å². The van der Waals surface area contributed by atoms with Crippen molar-refractivity contribution in [3.05, 3.63) is 47.3 Å². The molecule has 0 aliphatic carbocycles.